The van der Waals surface area contributed by atoms with Crippen molar-refractivity contribution in [3.63, 3.8) is 0 Å². The third-order valence-electron chi connectivity index (χ3n) is 4.07. The monoisotopic (exact) mass is 278 g/mol. The van der Waals surface area contributed by atoms with E-state index in [1.165, 1.54) is 25.8 Å². The molecule has 5 nitrogen and oxygen atoms in total. The number of nitrogens with one attached hydrogen (secondary N) is 1. The summed E-state index contributed by atoms with van der Waals surface area (Å²) in [6.45, 7) is 2.77. The molecule has 1 aliphatic rings. The third-order valence-corrected chi connectivity index (χ3v) is 4.07. The van der Waals surface area contributed by atoms with E-state index < -0.39 is 0 Å². The Hall–Kier alpha value is -1.36. The predicted molar refractivity (Wildman–Crippen MR) is 79.4 cm³/mol. The SMILES string of the molecule is CN1CCCC[C@H]1CCC(=O)NCCCn1cccn1. The molecule has 0 bridgehead atoms. The first kappa shape index (κ1) is 15.0. The molecule has 1 aromatic rings. The van der Waals surface area contributed by atoms with Crippen LogP contribution in [0, 0.1) is 0 Å². The molecule has 1 atom stereocenters. The van der Waals surface area contributed by atoms with Crippen molar-refractivity contribution in [2.45, 2.75) is 51.1 Å². The molecule has 1 fully saturated rings. The standard InChI is InChI=1S/C15H26N4O/c1-18-11-3-2-6-14(18)7-8-15(20)16-9-4-12-19-13-5-10-17-19/h5,10,13-14H,2-4,6-9,11-12H2,1H3,(H,16,20)/t14-/m0/s1. The molecular formula is C15H26N4O. The molecule has 1 saturated heterocycles. The third kappa shape index (κ3) is 4.96. The maximum absolute atomic E-state index is 11.8. The highest BCUT2D eigenvalue weighted by Gasteiger charge is 2.19. The van der Waals surface area contributed by atoms with Gasteiger partial charge in [0.15, 0.2) is 0 Å². The van der Waals surface area contributed by atoms with Crippen LogP contribution in [-0.4, -0.2) is 46.8 Å². The molecule has 0 unspecified atom stereocenters. The van der Waals surface area contributed by atoms with E-state index in [0.717, 1.165) is 25.9 Å². The summed E-state index contributed by atoms with van der Waals surface area (Å²) < 4.78 is 1.89. The normalized spacial score (nSPS) is 19.9. The maximum atomic E-state index is 11.8. The minimum Gasteiger partial charge on any atom is -0.356 e. The minimum absolute atomic E-state index is 0.185. The van der Waals surface area contributed by atoms with E-state index >= 15 is 0 Å². The smallest absolute Gasteiger partial charge is 0.220 e. The molecule has 5 heteroatoms. The van der Waals surface area contributed by atoms with Crippen LogP contribution in [0.1, 0.15) is 38.5 Å². The Labute approximate surface area is 121 Å². The lowest BCUT2D eigenvalue weighted by molar-refractivity contribution is -0.121. The second-order valence-corrected chi connectivity index (χ2v) is 5.64. The Bertz CT molecular complexity index is 391. The van der Waals surface area contributed by atoms with E-state index in [0.29, 0.717) is 12.5 Å². The molecular weight excluding hydrogens is 252 g/mol. The summed E-state index contributed by atoms with van der Waals surface area (Å²) in [6.07, 6.45) is 10.1. The summed E-state index contributed by atoms with van der Waals surface area (Å²) in [5, 5.41) is 7.14. The summed E-state index contributed by atoms with van der Waals surface area (Å²) >= 11 is 0. The Balaban J connectivity index is 1.53. The highest BCUT2D eigenvalue weighted by molar-refractivity contribution is 5.75. The molecule has 0 saturated carbocycles. The number of rotatable bonds is 7. The number of hydrogen-bond acceptors (Lipinski definition) is 3. The van der Waals surface area contributed by atoms with Crippen molar-refractivity contribution in [1.29, 1.82) is 0 Å². The highest BCUT2D eigenvalue weighted by atomic mass is 16.1. The number of aryl methyl sites for hydroxylation is 1. The van der Waals surface area contributed by atoms with Gasteiger partial charge >= 0.3 is 0 Å². The molecule has 0 radical (unpaired) electrons. The number of carbonyl (C=O) groups excluding carboxylic acids is 1. The van der Waals surface area contributed by atoms with Gasteiger partial charge < -0.3 is 10.2 Å². The Morgan fingerprint density at radius 1 is 1.45 bits per heavy atom. The molecule has 2 rings (SSSR count). The molecule has 2 heterocycles. The number of carbonyl (C=O) groups is 1. The minimum atomic E-state index is 0.185. The van der Waals surface area contributed by atoms with Gasteiger partial charge in [-0.3, -0.25) is 9.48 Å². The first-order valence-corrected chi connectivity index (χ1v) is 7.70. The Morgan fingerprint density at radius 2 is 2.35 bits per heavy atom. The van der Waals surface area contributed by atoms with Gasteiger partial charge in [0.05, 0.1) is 0 Å². The van der Waals surface area contributed by atoms with Crippen LogP contribution in [-0.2, 0) is 11.3 Å². The fourth-order valence-electron chi connectivity index (χ4n) is 2.80. The summed E-state index contributed by atoms with van der Waals surface area (Å²) in [4.78, 5) is 14.2. The maximum Gasteiger partial charge on any atom is 0.220 e. The number of nitrogens with zero attached hydrogens (tertiary/aromatic N) is 3. The molecule has 20 heavy (non-hydrogen) atoms. The van der Waals surface area contributed by atoms with Crippen LogP contribution >= 0.6 is 0 Å². The zero-order valence-corrected chi connectivity index (χ0v) is 12.4. The lowest BCUT2D eigenvalue weighted by Gasteiger charge is -2.32. The van der Waals surface area contributed by atoms with Crippen molar-refractivity contribution < 1.29 is 4.79 Å². The van der Waals surface area contributed by atoms with Crippen molar-refractivity contribution in [3.8, 4) is 0 Å². The van der Waals surface area contributed by atoms with Crippen LogP contribution in [0.15, 0.2) is 18.5 Å². The lowest BCUT2D eigenvalue weighted by Crippen LogP contribution is -2.37. The summed E-state index contributed by atoms with van der Waals surface area (Å²) in [5.41, 5.74) is 0. The van der Waals surface area contributed by atoms with Crippen LogP contribution in [0.4, 0.5) is 0 Å². The van der Waals surface area contributed by atoms with Gasteiger partial charge in [-0.1, -0.05) is 6.42 Å². The predicted octanol–water partition coefficient (Wildman–Crippen LogP) is 1.65. The fourth-order valence-corrected chi connectivity index (χ4v) is 2.80. The quantitative estimate of drug-likeness (QED) is 0.772. The van der Waals surface area contributed by atoms with Gasteiger partial charge in [-0.2, -0.15) is 5.10 Å². The molecule has 1 amide bonds. The van der Waals surface area contributed by atoms with Crippen molar-refractivity contribution >= 4 is 5.91 Å². The fraction of sp³-hybridized carbons (Fsp3) is 0.733. The van der Waals surface area contributed by atoms with Crippen LogP contribution < -0.4 is 5.32 Å². The van der Waals surface area contributed by atoms with Gasteiger partial charge in [0.25, 0.3) is 0 Å². The van der Waals surface area contributed by atoms with E-state index in [1.54, 1.807) is 6.20 Å². The Kier molecular flexibility index (Phi) is 6.05. The topological polar surface area (TPSA) is 50.2 Å². The molecule has 0 aliphatic carbocycles. The molecule has 0 aromatic carbocycles. The zero-order valence-electron chi connectivity index (χ0n) is 12.4. The summed E-state index contributed by atoms with van der Waals surface area (Å²) in [5.74, 6) is 0.185. The second-order valence-electron chi connectivity index (χ2n) is 5.64. The van der Waals surface area contributed by atoms with Gasteiger partial charge in [0, 0.05) is 37.9 Å². The largest absolute Gasteiger partial charge is 0.356 e. The Morgan fingerprint density at radius 3 is 3.10 bits per heavy atom. The van der Waals surface area contributed by atoms with Crippen molar-refractivity contribution in [1.82, 2.24) is 20.0 Å². The first-order chi connectivity index (χ1) is 9.75. The van der Waals surface area contributed by atoms with E-state index in [1.807, 2.05) is 16.9 Å². The highest BCUT2D eigenvalue weighted by Crippen LogP contribution is 2.18. The molecule has 1 aliphatic heterocycles. The van der Waals surface area contributed by atoms with E-state index in [9.17, 15) is 4.79 Å². The van der Waals surface area contributed by atoms with Crippen LogP contribution in [0.5, 0.6) is 0 Å². The van der Waals surface area contributed by atoms with Crippen LogP contribution in [0.3, 0.4) is 0 Å². The molecule has 1 N–H and O–H groups in total. The number of amides is 1. The van der Waals surface area contributed by atoms with Crippen LogP contribution in [0.2, 0.25) is 0 Å². The number of hydrogen-bond donors (Lipinski definition) is 1. The van der Waals surface area contributed by atoms with Gasteiger partial charge in [-0.25, -0.2) is 0 Å². The van der Waals surface area contributed by atoms with E-state index in [4.69, 9.17) is 0 Å². The first-order valence-electron chi connectivity index (χ1n) is 7.70. The zero-order chi connectivity index (χ0) is 14.2. The summed E-state index contributed by atoms with van der Waals surface area (Å²) in [7, 11) is 2.17. The van der Waals surface area contributed by atoms with Gasteiger partial charge in [0.1, 0.15) is 0 Å². The van der Waals surface area contributed by atoms with Crippen molar-refractivity contribution in [2.24, 2.45) is 0 Å². The van der Waals surface area contributed by atoms with Crippen LogP contribution in [0.25, 0.3) is 0 Å². The van der Waals surface area contributed by atoms with Crippen molar-refractivity contribution in [3.05, 3.63) is 18.5 Å². The second kappa shape index (κ2) is 8.04. The average Bonchev–Trinajstić information content (AvgIpc) is 2.96. The van der Waals surface area contributed by atoms with Gasteiger partial charge in [-0.15, -0.1) is 0 Å². The number of aromatic nitrogens is 2. The number of likely N-dealkylation sites (tertiary alicyclic amines) is 1. The summed E-state index contributed by atoms with van der Waals surface area (Å²) in [6, 6.07) is 2.51. The molecule has 1 aromatic heterocycles. The average molecular weight is 278 g/mol. The lowest BCUT2D eigenvalue weighted by atomic mass is 9.98. The molecule has 0 spiro atoms. The van der Waals surface area contributed by atoms with Crippen molar-refractivity contribution in [2.75, 3.05) is 20.1 Å². The number of piperidine rings is 1. The van der Waals surface area contributed by atoms with Gasteiger partial charge in [0.2, 0.25) is 5.91 Å². The molecule has 112 valence electrons. The van der Waals surface area contributed by atoms with Gasteiger partial charge in [-0.05, 0) is 45.3 Å². The van der Waals surface area contributed by atoms with E-state index in [2.05, 4.69) is 22.4 Å². The van der Waals surface area contributed by atoms with E-state index in [-0.39, 0.29) is 5.91 Å².